The molecule has 3 aromatic rings. The van der Waals surface area contributed by atoms with Gasteiger partial charge in [-0.25, -0.2) is 0 Å². The van der Waals surface area contributed by atoms with Gasteiger partial charge in [0.25, 0.3) is 11.6 Å². The van der Waals surface area contributed by atoms with Crippen LogP contribution in [0.25, 0.3) is 0 Å². The Balaban J connectivity index is 1.65. The van der Waals surface area contributed by atoms with E-state index in [0.29, 0.717) is 12.2 Å². The molecule has 0 aliphatic rings. The van der Waals surface area contributed by atoms with Gasteiger partial charge in [0.05, 0.1) is 10.6 Å². The number of rotatable bonds is 6. The van der Waals surface area contributed by atoms with E-state index in [-0.39, 0.29) is 17.1 Å². The van der Waals surface area contributed by atoms with Gasteiger partial charge in [-0.3, -0.25) is 14.9 Å². The number of carbonyl (C=O) groups is 1. The summed E-state index contributed by atoms with van der Waals surface area (Å²) in [6, 6.07) is 19.6. The number of para-hydroxylation sites is 1. The molecule has 0 radical (unpaired) electrons. The molecule has 27 heavy (non-hydrogen) atoms. The molecule has 0 aliphatic heterocycles. The van der Waals surface area contributed by atoms with Crippen LogP contribution in [0.3, 0.4) is 0 Å². The molecule has 0 bridgehead atoms. The van der Waals surface area contributed by atoms with E-state index < -0.39 is 10.8 Å². The third kappa shape index (κ3) is 4.60. The van der Waals surface area contributed by atoms with Crippen molar-refractivity contribution in [2.24, 2.45) is 0 Å². The molecule has 0 unspecified atom stereocenters. The summed E-state index contributed by atoms with van der Waals surface area (Å²) < 4.78 is 5.64. The van der Waals surface area contributed by atoms with Gasteiger partial charge in [0.2, 0.25) is 0 Å². The number of amides is 1. The number of nitrogens with zero attached hydrogens (tertiary/aromatic N) is 1. The van der Waals surface area contributed by atoms with E-state index in [4.69, 9.17) is 4.74 Å². The Morgan fingerprint density at radius 3 is 2.41 bits per heavy atom. The van der Waals surface area contributed by atoms with Crippen LogP contribution in [0.4, 0.5) is 11.4 Å². The summed E-state index contributed by atoms with van der Waals surface area (Å²) in [5.41, 5.74) is 0.986. The van der Waals surface area contributed by atoms with Crippen molar-refractivity contribution in [1.29, 1.82) is 0 Å². The van der Waals surface area contributed by atoms with Gasteiger partial charge in [0, 0.05) is 17.7 Å². The van der Waals surface area contributed by atoms with Crippen LogP contribution in [-0.2, 0) is 6.61 Å². The van der Waals surface area contributed by atoms with Gasteiger partial charge in [-0.1, -0.05) is 30.3 Å². The van der Waals surface area contributed by atoms with Gasteiger partial charge in [0.15, 0.2) is 0 Å². The first-order valence-corrected chi connectivity index (χ1v) is 8.08. The topological polar surface area (TPSA) is 102 Å². The number of nitro groups is 1. The van der Waals surface area contributed by atoms with Gasteiger partial charge >= 0.3 is 0 Å². The Kier molecular flexibility index (Phi) is 5.32. The molecule has 0 heterocycles. The number of carbonyl (C=O) groups excluding carboxylic acids is 1. The molecule has 1 amide bonds. The van der Waals surface area contributed by atoms with E-state index in [1.165, 1.54) is 0 Å². The molecule has 0 aromatic heterocycles. The zero-order chi connectivity index (χ0) is 19.2. The molecule has 0 aliphatic carbocycles. The fraction of sp³-hybridized carbons (Fsp3) is 0.0500. The molecule has 0 spiro atoms. The van der Waals surface area contributed by atoms with Gasteiger partial charge in [0.1, 0.15) is 18.1 Å². The van der Waals surface area contributed by atoms with Crippen molar-refractivity contribution < 1.29 is 19.6 Å². The number of benzene rings is 3. The maximum atomic E-state index is 12.3. The number of nitrogens with one attached hydrogen (secondary N) is 1. The lowest BCUT2D eigenvalue weighted by Gasteiger charge is -2.09. The first-order chi connectivity index (χ1) is 13.0. The highest BCUT2D eigenvalue weighted by atomic mass is 16.6. The number of aromatic hydroxyl groups is 1. The molecular formula is C20H16N2O5. The SMILES string of the molecule is O=C(Nc1cc([N+](=O)[O-])ccc1O)c1ccc(COc2ccccc2)cc1. The molecule has 7 heteroatoms. The number of hydrogen-bond acceptors (Lipinski definition) is 5. The predicted molar refractivity (Wildman–Crippen MR) is 99.9 cm³/mol. The van der Waals surface area contributed by atoms with E-state index in [2.05, 4.69) is 5.32 Å². The fourth-order valence-corrected chi connectivity index (χ4v) is 2.37. The van der Waals surface area contributed by atoms with Gasteiger partial charge < -0.3 is 15.2 Å². The Morgan fingerprint density at radius 2 is 1.74 bits per heavy atom. The van der Waals surface area contributed by atoms with Crippen LogP contribution in [0.15, 0.2) is 72.8 Å². The Labute approximate surface area is 155 Å². The van der Waals surface area contributed by atoms with Crippen LogP contribution in [-0.4, -0.2) is 15.9 Å². The molecule has 0 saturated carbocycles. The summed E-state index contributed by atoms with van der Waals surface area (Å²) in [5.74, 6) is 0.0172. The summed E-state index contributed by atoms with van der Waals surface area (Å²) in [6.07, 6.45) is 0. The lowest BCUT2D eigenvalue weighted by atomic mass is 10.1. The number of phenolic OH excluding ortho intramolecular Hbond substituents is 1. The molecule has 3 aromatic carbocycles. The highest BCUT2D eigenvalue weighted by Gasteiger charge is 2.13. The highest BCUT2D eigenvalue weighted by molar-refractivity contribution is 6.05. The second-order valence-electron chi connectivity index (χ2n) is 5.71. The molecule has 0 saturated heterocycles. The zero-order valence-electron chi connectivity index (χ0n) is 14.2. The lowest BCUT2D eigenvalue weighted by Crippen LogP contribution is -2.12. The minimum absolute atomic E-state index is 0.0225. The Hall–Kier alpha value is -3.87. The van der Waals surface area contributed by atoms with Gasteiger partial charge in [-0.15, -0.1) is 0 Å². The van der Waals surface area contributed by atoms with Gasteiger partial charge in [-0.05, 0) is 35.9 Å². The van der Waals surface area contributed by atoms with Crippen LogP contribution in [0, 0.1) is 10.1 Å². The predicted octanol–water partition coefficient (Wildman–Crippen LogP) is 4.13. The Morgan fingerprint density at radius 1 is 1.04 bits per heavy atom. The molecule has 0 atom stereocenters. The van der Waals surface area contributed by atoms with Crippen molar-refractivity contribution in [3.05, 3.63) is 94.0 Å². The molecule has 7 nitrogen and oxygen atoms in total. The van der Waals surface area contributed by atoms with E-state index >= 15 is 0 Å². The van der Waals surface area contributed by atoms with Crippen molar-refractivity contribution in [2.45, 2.75) is 6.61 Å². The molecule has 2 N–H and O–H groups in total. The standard InChI is InChI=1S/C20H16N2O5/c23-19-11-10-16(22(25)26)12-18(19)21-20(24)15-8-6-14(7-9-15)13-27-17-4-2-1-3-5-17/h1-12,23H,13H2,(H,21,24). The number of phenols is 1. The maximum Gasteiger partial charge on any atom is 0.271 e. The third-order valence-electron chi connectivity index (χ3n) is 3.80. The van der Waals surface area contributed by atoms with E-state index in [9.17, 15) is 20.0 Å². The van der Waals surface area contributed by atoms with Crippen LogP contribution >= 0.6 is 0 Å². The second kappa shape index (κ2) is 8.01. The molecular weight excluding hydrogens is 348 g/mol. The molecule has 0 fully saturated rings. The smallest absolute Gasteiger partial charge is 0.271 e. The first-order valence-electron chi connectivity index (χ1n) is 8.08. The summed E-state index contributed by atoms with van der Waals surface area (Å²) in [4.78, 5) is 22.5. The monoisotopic (exact) mass is 364 g/mol. The fourth-order valence-electron chi connectivity index (χ4n) is 2.37. The van der Waals surface area contributed by atoms with Crippen molar-refractivity contribution >= 4 is 17.3 Å². The normalized spacial score (nSPS) is 10.2. The molecule has 3 rings (SSSR count). The van der Waals surface area contributed by atoms with E-state index in [1.54, 1.807) is 24.3 Å². The number of nitro benzene ring substituents is 1. The minimum Gasteiger partial charge on any atom is -0.506 e. The average molecular weight is 364 g/mol. The molecule has 136 valence electrons. The number of ether oxygens (including phenoxy) is 1. The van der Waals surface area contributed by atoms with Crippen LogP contribution < -0.4 is 10.1 Å². The Bertz CT molecular complexity index is 956. The van der Waals surface area contributed by atoms with Crippen LogP contribution in [0.5, 0.6) is 11.5 Å². The lowest BCUT2D eigenvalue weighted by molar-refractivity contribution is -0.384. The second-order valence-corrected chi connectivity index (χ2v) is 5.71. The first kappa shape index (κ1) is 17.9. The number of anilines is 1. The highest BCUT2D eigenvalue weighted by Crippen LogP contribution is 2.28. The van der Waals surface area contributed by atoms with Crippen molar-refractivity contribution in [3.63, 3.8) is 0 Å². The number of non-ortho nitro benzene ring substituents is 1. The maximum absolute atomic E-state index is 12.3. The van der Waals surface area contributed by atoms with E-state index in [1.807, 2.05) is 30.3 Å². The van der Waals surface area contributed by atoms with Gasteiger partial charge in [-0.2, -0.15) is 0 Å². The van der Waals surface area contributed by atoms with Crippen molar-refractivity contribution in [2.75, 3.05) is 5.32 Å². The summed E-state index contributed by atoms with van der Waals surface area (Å²) >= 11 is 0. The zero-order valence-corrected chi connectivity index (χ0v) is 14.2. The quantitative estimate of drug-likeness (QED) is 0.389. The average Bonchev–Trinajstić information content (AvgIpc) is 2.69. The summed E-state index contributed by atoms with van der Waals surface area (Å²) in [6.45, 7) is 0.359. The number of hydrogen-bond donors (Lipinski definition) is 2. The van der Waals surface area contributed by atoms with Crippen molar-refractivity contribution in [1.82, 2.24) is 0 Å². The largest absolute Gasteiger partial charge is 0.506 e. The summed E-state index contributed by atoms with van der Waals surface area (Å²) in [7, 11) is 0. The minimum atomic E-state index is -0.601. The summed E-state index contributed by atoms with van der Waals surface area (Å²) in [5, 5.41) is 23.1. The van der Waals surface area contributed by atoms with Crippen molar-refractivity contribution in [3.8, 4) is 11.5 Å². The van der Waals surface area contributed by atoms with Crippen LogP contribution in [0.2, 0.25) is 0 Å². The third-order valence-corrected chi connectivity index (χ3v) is 3.80. The van der Waals surface area contributed by atoms with E-state index in [0.717, 1.165) is 29.5 Å². The van der Waals surface area contributed by atoms with Crippen LogP contribution in [0.1, 0.15) is 15.9 Å².